The van der Waals surface area contributed by atoms with Crippen molar-refractivity contribution in [2.45, 2.75) is 58.4 Å². The molecule has 0 aromatic carbocycles. The third kappa shape index (κ3) is 3.15. The minimum atomic E-state index is -0.949. The lowest BCUT2D eigenvalue weighted by molar-refractivity contribution is -0.138. The van der Waals surface area contributed by atoms with Gasteiger partial charge in [0.2, 0.25) is 5.91 Å². The van der Waals surface area contributed by atoms with Crippen LogP contribution >= 0.6 is 0 Å². The van der Waals surface area contributed by atoms with Crippen molar-refractivity contribution in [3.8, 4) is 0 Å². The van der Waals surface area contributed by atoms with E-state index in [0.29, 0.717) is 0 Å². The standard InChI is InChI=1S/C13H25N3O2/c1-13(2,11(14)15-18)12(17)16(3)10-8-6-4-5-7-9-10/h10,18H,4-9H2,1-3H3,(H2,14,15). The summed E-state index contributed by atoms with van der Waals surface area (Å²) in [4.78, 5) is 14.2. The number of nitrogens with zero attached hydrogens (tertiary/aromatic N) is 2. The SMILES string of the molecule is CN(C(=O)C(C)(C)C(N)=NO)C1CCCCCC1. The van der Waals surface area contributed by atoms with Crippen LogP contribution in [0.4, 0.5) is 0 Å². The molecular formula is C13H25N3O2. The Labute approximate surface area is 109 Å². The van der Waals surface area contributed by atoms with Crippen LogP contribution in [0.25, 0.3) is 0 Å². The minimum absolute atomic E-state index is 0.0343. The number of amides is 1. The average Bonchev–Trinajstić information content (AvgIpc) is 2.64. The van der Waals surface area contributed by atoms with E-state index in [2.05, 4.69) is 5.16 Å². The van der Waals surface area contributed by atoms with Crippen LogP contribution in [-0.2, 0) is 4.79 Å². The van der Waals surface area contributed by atoms with Crippen LogP contribution in [0.15, 0.2) is 5.16 Å². The Morgan fingerprint density at radius 2 is 1.78 bits per heavy atom. The van der Waals surface area contributed by atoms with Crippen LogP contribution in [-0.4, -0.2) is 34.9 Å². The van der Waals surface area contributed by atoms with Gasteiger partial charge in [-0.3, -0.25) is 4.79 Å². The highest BCUT2D eigenvalue weighted by Gasteiger charge is 2.37. The quantitative estimate of drug-likeness (QED) is 0.266. The number of hydrogen-bond acceptors (Lipinski definition) is 3. The van der Waals surface area contributed by atoms with E-state index in [0.717, 1.165) is 12.8 Å². The summed E-state index contributed by atoms with van der Waals surface area (Å²) >= 11 is 0. The van der Waals surface area contributed by atoms with Gasteiger partial charge in [0.05, 0.1) is 0 Å². The molecule has 5 nitrogen and oxygen atoms in total. The lowest BCUT2D eigenvalue weighted by Gasteiger charge is -2.33. The van der Waals surface area contributed by atoms with Gasteiger partial charge < -0.3 is 15.8 Å². The zero-order valence-electron chi connectivity index (χ0n) is 11.6. The summed E-state index contributed by atoms with van der Waals surface area (Å²) in [5, 5.41) is 11.7. The summed E-state index contributed by atoms with van der Waals surface area (Å²) in [5.41, 5.74) is 4.65. The number of rotatable bonds is 3. The molecule has 3 N–H and O–H groups in total. The van der Waals surface area contributed by atoms with E-state index in [4.69, 9.17) is 10.9 Å². The van der Waals surface area contributed by atoms with Gasteiger partial charge in [-0.15, -0.1) is 0 Å². The third-order valence-corrected chi connectivity index (χ3v) is 3.98. The smallest absolute Gasteiger partial charge is 0.235 e. The van der Waals surface area contributed by atoms with E-state index in [1.54, 1.807) is 18.7 Å². The van der Waals surface area contributed by atoms with Crippen molar-refractivity contribution >= 4 is 11.7 Å². The van der Waals surface area contributed by atoms with E-state index in [9.17, 15) is 4.79 Å². The largest absolute Gasteiger partial charge is 0.409 e. The van der Waals surface area contributed by atoms with Crippen LogP contribution in [0.3, 0.4) is 0 Å². The van der Waals surface area contributed by atoms with E-state index in [-0.39, 0.29) is 17.8 Å². The van der Waals surface area contributed by atoms with Crippen LogP contribution in [0, 0.1) is 5.41 Å². The van der Waals surface area contributed by atoms with Gasteiger partial charge in [-0.05, 0) is 26.7 Å². The van der Waals surface area contributed by atoms with Crippen molar-refractivity contribution in [2.24, 2.45) is 16.3 Å². The van der Waals surface area contributed by atoms with Crippen LogP contribution < -0.4 is 5.73 Å². The Morgan fingerprint density at radius 3 is 2.22 bits per heavy atom. The molecule has 0 atom stereocenters. The third-order valence-electron chi connectivity index (χ3n) is 3.98. The fourth-order valence-electron chi connectivity index (χ4n) is 2.49. The monoisotopic (exact) mass is 255 g/mol. The molecule has 0 aromatic rings. The molecule has 1 saturated carbocycles. The first-order valence-electron chi connectivity index (χ1n) is 6.66. The second-order valence-corrected chi connectivity index (χ2v) is 5.67. The van der Waals surface area contributed by atoms with Crippen molar-refractivity contribution < 1.29 is 10.0 Å². The van der Waals surface area contributed by atoms with Crippen molar-refractivity contribution in [1.82, 2.24) is 4.90 Å². The molecule has 5 heteroatoms. The molecule has 0 aromatic heterocycles. The van der Waals surface area contributed by atoms with E-state index in [1.807, 2.05) is 7.05 Å². The number of carbonyl (C=O) groups excluding carboxylic acids is 1. The lowest BCUT2D eigenvalue weighted by Crippen LogP contribution is -2.49. The first-order valence-corrected chi connectivity index (χ1v) is 6.66. The van der Waals surface area contributed by atoms with Crippen molar-refractivity contribution in [3.05, 3.63) is 0 Å². The van der Waals surface area contributed by atoms with Crippen LogP contribution in [0.1, 0.15) is 52.4 Å². The molecule has 18 heavy (non-hydrogen) atoms. The normalized spacial score (nSPS) is 19.4. The fraction of sp³-hybridized carbons (Fsp3) is 0.846. The van der Waals surface area contributed by atoms with Crippen LogP contribution in [0.2, 0.25) is 0 Å². The van der Waals surface area contributed by atoms with Crippen LogP contribution in [0.5, 0.6) is 0 Å². The summed E-state index contributed by atoms with van der Waals surface area (Å²) < 4.78 is 0. The number of carbonyl (C=O) groups is 1. The zero-order valence-corrected chi connectivity index (χ0v) is 11.6. The number of amidine groups is 1. The summed E-state index contributed by atoms with van der Waals surface area (Å²) in [7, 11) is 1.82. The van der Waals surface area contributed by atoms with Gasteiger partial charge in [0.1, 0.15) is 5.41 Å². The van der Waals surface area contributed by atoms with E-state index in [1.165, 1.54) is 25.7 Å². The van der Waals surface area contributed by atoms with Gasteiger partial charge in [0, 0.05) is 13.1 Å². The summed E-state index contributed by atoms with van der Waals surface area (Å²) in [6.45, 7) is 3.38. The highest BCUT2D eigenvalue weighted by atomic mass is 16.4. The predicted molar refractivity (Wildman–Crippen MR) is 71.4 cm³/mol. The molecule has 1 rings (SSSR count). The molecule has 0 saturated heterocycles. The highest BCUT2D eigenvalue weighted by molar-refractivity contribution is 6.05. The second kappa shape index (κ2) is 6.07. The Hall–Kier alpha value is -1.26. The lowest BCUT2D eigenvalue weighted by atomic mass is 9.89. The molecule has 1 fully saturated rings. The maximum atomic E-state index is 12.4. The number of hydrogen-bond donors (Lipinski definition) is 2. The van der Waals surface area contributed by atoms with Gasteiger partial charge in [-0.2, -0.15) is 0 Å². The topological polar surface area (TPSA) is 78.9 Å². The van der Waals surface area contributed by atoms with Gasteiger partial charge in [-0.1, -0.05) is 30.8 Å². The van der Waals surface area contributed by atoms with Crippen molar-refractivity contribution in [2.75, 3.05) is 7.05 Å². The first-order chi connectivity index (χ1) is 8.41. The Bertz CT molecular complexity index is 318. The maximum absolute atomic E-state index is 12.4. The fourth-order valence-corrected chi connectivity index (χ4v) is 2.49. The second-order valence-electron chi connectivity index (χ2n) is 5.67. The molecule has 1 aliphatic rings. The molecule has 1 amide bonds. The van der Waals surface area contributed by atoms with Gasteiger partial charge >= 0.3 is 0 Å². The molecule has 1 aliphatic carbocycles. The van der Waals surface area contributed by atoms with Gasteiger partial charge in [0.25, 0.3) is 0 Å². The molecule has 0 radical (unpaired) electrons. The molecule has 104 valence electrons. The van der Waals surface area contributed by atoms with E-state index >= 15 is 0 Å². The first kappa shape index (κ1) is 14.8. The Kier molecular flexibility index (Phi) is 4.99. The molecule has 0 aliphatic heterocycles. The Balaban J connectivity index is 2.76. The van der Waals surface area contributed by atoms with Crippen molar-refractivity contribution in [1.29, 1.82) is 0 Å². The molecule has 0 heterocycles. The minimum Gasteiger partial charge on any atom is -0.409 e. The van der Waals surface area contributed by atoms with Gasteiger partial charge in [-0.25, -0.2) is 0 Å². The number of nitrogens with two attached hydrogens (primary N) is 1. The maximum Gasteiger partial charge on any atom is 0.235 e. The zero-order chi connectivity index (χ0) is 13.8. The van der Waals surface area contributed by atoms with Crippen molar-refractivity contribution in [3.63, 3.8) is 0 Å². The van der Waals surface area contributed by atoms with Gasteiger partial charge in [0.15, 0.2) is 5.84 Å². The molecule has 0 unspecified atom stereocenters. The summed E-state index contributed by atoms with van der Waals surface area (Å²) in [5.74, 6) is -0.113. The highest BCUT2D eigenvalue weighted by Crippen LogP contribution is 2.25. The average molecular weight is 255 g/mol. The Morgan fingerprint density at radius 1 is 1.28 bits per heavy atom. The molecule has 0 spiro atoms. The summed E-state index contributed by atoms with van der Waals surface area (Å²) in [6, 6.07) is 0.283. The molecular weight excluding hydrogens is 230 g/mol. The predicted octanol–water partition coefficient (Wildman–Crippen LogP) is 1.94. The summed E-state index contributed by atoms with van der Waals surface area (Å²) in [6.07, 6.45) is 6.95. The number of oxime groups is 1. The molecule has 0 bridgehead atoms. The van der Waals surface area contributed by atoms with E-state index < -0.39 is 5.41 Å².